The van der Waals surface area contributed by atoms with Crippen molar-refractivity contribution < 1.29 is 14.3 Å². The van der Waals surface area contributed by atoms with E-state index in [1.807, 2.05) is 66.7 Å². The number of nitrogens with two attached hydrogens (primary N) is 2. The second-order valence-corrected chi connectivity index (χ2v) is 7.53. The van der Waals surface area contributed by atoms with Crippen LogP contribution in [0.4, 0.5) is 11.4 Å². The highest BCUT2D eigenvalue weighted by Crippen LogP contribution is 2.38. The zero-order valence-corrected chi connectivity index (χ0v) is 17.4. The summed E-state index contributed by atoms with van der Waals surface area (Å²) in [4.78, 5) is 14.6. The highest BCUT2D eigenvalue weighted by Gasteiger charge is 2.32. The van der Waals surface area contributed by atoms with E-state index in [-0.39, 0.29) is 11.8 Å². The summed E-state index contributed by atoms with van der Waals surface area (Å²) >= 11 is 0. The van der Waals surface area contributed by atoms with Crippen molar-refractivity contribution in [3.8, 4) is 17.2 Å². The van der Waals surface area contributed by atoms with Gasteiger partial charge in [0, 0.05) is 30.3 Å². The molecule has 0 unspecified atom stereocenters. The fraction of sp³-hybridized carbons (Fsp3) is 0.160. The number of ether oxygens (including phenoxy) is 2. The number of benzene rings is 3. The second kappa shape index (κ2) is 8.44. The van der Waals surface area contributed by atoms with Crippen molar-refractivity contribution in [3.05, 3.63) is 84.4 Å². The zero-order chi connectivity index (χ0) is 22.0. The fourth-order valence-electron chi connectivity index (χ4n) is 3.77. The maximum atomic E-state index is 12.8. The number of para-hydroxylation sites is 2. The standard InChI is InChI=1S/C25H25N3O3/c1-16(26)17-6-5-7-20(12-17)28-15-19(14-25(28)29)18-10-11-21(27)24(13-18)31-23-9-4-3-8-22(23)30-2/h3-13,19H,1,14-15,26-27H2,2H3/t19-/m0/s1. The Bertz CT molecular complexity index is 1140. The molecule has 0 aliphatic carbocycles. The molecular formula is C25H25N3O3. The summed E-state index contributed by atoms with van der Waals surface area (Å²) < 4.78 is 11.4. The van der Waals surface area contributed by atoms with Crippen molar-refractivity contribution >= 4 is 23.0 Å². The molecule has 4 N–H and O–H groups in total. The summed E-state index contributed by atoms with van der Waals surface area (Å²) in [7, 11) is 1.59. The van der Waals surface area contributed by atoms with Crippen LogP contribution in [0.2, 0.25) is 0 Å². The molecule has 1 saturated heterocycles. The minimum absolute atomic E-state index is 0.0258. The Morgan fingerprint density at radius 3 is 2.55 bits per heavy atom. The third-order valence-corrected chi connectivity index (χ3v) is 5.45. The maximum absolute atomic E-state index is 12.8. The van der Waals surface area contributed by atoms with E-state index in [4.69, 9.17) is 20.9 Å². The molecule has 4 rings (SSSR count). The van der Waals surface area contributed by atoms with Gasteiger partial charge in [0.15, 0.2) is 17.2 Å². The lowest BCUT2D eigenvalue weighted by Crippen LogP contribution is -2.24. The average Bonchev–Trinajstić information content (AvgIpc) is 3.17. The normalized spacial score (nSPS) is 15.7. The summed E-state index contributed by atoms with van der Waals surface area (Å²) in [6.07, 6.45) is 0.409. The Morgan fingerprint density at radius 1 is 1.03 bits per heavy atom. The predicted octanol–water partition coefficient (Wildman–Crippen LogP) is 4.52. The maximum Gasteiger partial charge on any atom is 0.227 e. The lowest BCUT2D eigenvalue weighted by molar-refractivity contribution is -0.117. The van der Waals surface area contributed by atoms with Gasteiger partial charge in [0.25, 0.3) is 0 Å². The SMILES string of the molecule is C=C(N)c1cccc(N2C[C@@H](c3ccc(N)c(Oc4ccccc4OC)c3)CC2=O)c1. The Kier molecular flexibility index (Phi) is 5.54. The molecule has 1 amide bonds. The van der Waals surface area contributed by atoms with Crippen LogP contribution in [-0.4, -0.2) is 19.6 Å². The first-order chi connectivity index (χ1) is 15.0. The van der Waals surface area contributed by atoms with Gasteiger partial charge >= 0.3 is 0 Å². The molecular weight excluding hydrogens is 390 g/mol. The molecule has 1 atom stereocenters. The summed E-state index contributed by atoms with van der Waals surface area (Å²) in [6, 6.07) is 20.6. The van der Waals surface area contributed by atoms with Gasteiger partial charge in [-0.1, -0.05) is 36.9 Å². The number of nitrogens with zero attached hydrogens (tertiary/aromatic N) is 1. The number of methoxy groups -OCH3 is 1. The smallest absolute Gasteiger partial charge is 0.227 e. The number of hydrogen-bond acceptors (Lipinski definition) is 5. The first-order valence-corrected chi connectivity index (χ1v) is 10.0. The van der Waals surface area contributed by atoms with Crippen LogP contribution in [0.1, 0.15) is 23.5 Å². The summed E-state index contributed by atoms with van der Waals surface area (Å²) in [5.74, 6) is 1.83. The molecule has 6 heteroatoms. The molecule has 0 spiro atoms. The molecule has 0 saturated carbocycles. The molecule has 3 aromatic rings. The van der Waals surface area contributed by atoms with E-state index >= 15 is 0 Å². The van der Waals surface area contributed by atoms with Crippen LogP contribution in [0.25, 0.3) is 5.70 Å². The van der Waals surface area contributed by atoms with Gasteiger partial charge in [0.2, 0.25) is 5.91 Å². The summed E-state index contributed by atoms with van der Waals surface area (Å²) in [5.41, 5.74) is 15.6. The molecule has 3 aromatic carbocycles. The number of anilines is 2. The molecule has 0 radical (unpaired) electrons. The van der Waals surface area contributed by atoms with E-state index < -0.39 is 0 Å². The van der Waals surface area contributed by atoms with Gasteiger partial charge in [-0.15, -0.1) is 0 Å². The molecule has 158 valence electrons. The van der Waals surface area contributed by atoms with Crippen LogP contribution in [0.5, 0.6) is 17.2 Å². The van der Waals surface area contributed by atoms with Crippen molar-refractivity contribution in [2.24, 2.45) is 5.73 Å². The van der Waals surface area contributed by atoms with Crippen LogP contribution in [-0.2, 0) is 4.79 Å². The minimum atomic E-state index is 0.0258. The highest BCUT2D eigenvalue weighted by molar-refractivity contribution is 5.97. The second-order valence-electron chi connectivity index (χ2n) is 7.53. The van der Waals surface area contributed by atoms with Gasteiger partial charge in [0.1, 0.15) is 0 Å². The largest absolute Gasteiger partial charge is 0.493 e. The van der Waals surface area contributed by atoms with Crippen molar-refractivity contribution in [2.75, 3.05) is 24.3 Å². The topological polar surface area (TPSA) is 90.8 Å². The van der Waals surface area contributed by atoms with Gasteiger partial charge in [-0.25, -0.2) is 0 Å². The Labute approximate surface area is 181 Å². The Hall–Kier alpha value is -3.93. The molecule has 1 heterocycles. The Balaban J connectivity index is 1.58. The van der Waals surface area contributed by atoms with E-state index in [9.17, 15) is 4.79 Å². The van der Waals surface area contributed by atoms with Crippen molar-refractivity contribution in [1.29, 1.82) is 0 Å². The van der Waals surface area contributed by atoms with Crippen LogP contribution in [0.3, 0.4) is 0 Å². The van der Waals surface area contributed by atoms with Crippen molar-refractivity contribution in [3.63, 3.8) is 0 Å². The van der Waals surface area contributed by atoms with Crippen molar-refractivity contribution in [1.82, 2.24) is 0 Å². The van der Waals surface area contributed by atoms with Gasteiger partial charge < -0.3 is 25.8 Å². The number of carbonyl (C=O) groups is 1. The third kappa shape index (κ3) is 4.19. The highest BCUT2D eigenvalue weighted by atomic mass is 16.5. The quantitative estimate of drug-likeness (QED) is 0.578. The summed E-state index contributed by atoms with van der Waals surface area (Å²) in [6.45, 7) is 4.35. The monoisotopic (exact) mass is 415 g/mol. The lowest BCUT2D eigenvalue weighted by Gasteiger charge is -2.18. The van der Waals surface area contributed by atoms with Gasteiger partial charge in [0.05, 0.1) is 12.8 Å². The van der Waals surface area contributed by atoms with Gasteiger partial charge in [-0.3, -0.25) is 4.79 Å². The number of nitrogen functional groups attached to an aromatic ring is 1. The van der Waals surface area contributed by atoms with Crippen LogP contribution in [0.15, 0.2) is 73.3 Å². The zero-order valence-electron chi connectivity index (χ0n) is 17.4. The van der Waals surface area contributed by atoms with Crippen LogP contribution < -0.4 is 25.8 Å². The van der Waals surface area contributed by atoms with E-state index in [1.54, 1.807) is 12.0 Å². The molecule has 6 nitrogen and oxygen atoms in total. The summed E-state index contributed by atoms with van der Waals surface area (Å²) in [5, 5.41) is 0. The van der Waals surface area contributed by atoms with Crippen LogP contribution in [0, 0.1) is 0 Å². The van der Waals surface area contributed by atoms with Gasteiger partial charge in [-0.05, 0) is 47.5 Å². The van der Waals surface area contributed by atoms with E-state index in [0.29, 0.717) is 41.6 Å². The lowest BCUT2D eigenvalue weighted by atomic mass is 9.97. The van der Waals surface area contributed by atoms with Crippen molar-refractivity contribution in [2.45, 2.75) is 12.3 Å². The average molecular weight is 415 g/mol. The number of rotatable bonds is 6. The van der Waals surface area contributed by atoms with Gasteiger partial charge in [-0.2, -0.15) is 0 Å². The Morgan fingerprint density at radius 2 is 1.81 bits per heavy atom. The number of hydrogen-bond donors (Lipinski definition) is 2. The van der Waals surface area contributed by atoms with E-state index in [2.05, 4.69) is 6.58 Å². The molecule has 1 aliphatic heterocycles. The fourth-order valence-corrected chi connectivity index (χ4v) is 3.77. The van der Waals surface area contributed by atoms with Crippen LogP contribution >= 0.6 is 0 Å². The van der Waals surface area contributed by atoms with E-state index in [1.165, 1.54) is 0 Å². The molecule has 1 aliphatic rings. The minimum Gasteiger partial charge on any atom is -0.493 e. The molecule has 1 fully saturated rings. The molecule has 31 heavy (non-hydrogen) atoms. The molecule has 0 aromatic heterocycles. The molecule has 0 bridgehead atoms. The predicted molar refractivity (Wildman–Crippen MR) is 123 cm³/mol. The number of carbonyl (C=O) groups excluding carboxylic acids is 1. The number of amides is 1. The first kappa shape index (κ1) is 20.3. The first-order valence-electron chi connectivity index (χ1n) is 10.0. The van der Waals surface area contributed by atoms with E-state index in [0.717, 1.165) is 16.8 Å². The third-order valence-electron chi connectivity index (χ3n) is 5.45.